The number of hydrogen-bond acceptors (Lipinski definition) is 7. The number of aryl methyl sites for hydroxylation is 3. The Morgan fingerprint density at radius 1 is 1.20 bits per heavy atom. The smallest absolute Gasteiger partial charge is 0.223 e. The first-order valence-electron chi connectivity index (χ1n) is 9.36. The van der Waals surface area contributed by atoms with E-state index in [2.05, 4.69) is 27.0 Å². The molecule has 0 unspecified atom stereocenters. The second-order valence-corrected chi connectivity index (χ2v) is 8.50. The van der Waals surface area contributed by atoms with Gasteiger partial charge in [-0.15, -0.1) is 11.3 Å². The molecule has 0 radical (unpaired) electrons. The first kappa shape index (κ1) is 17.1. The summed E-state index contributed by atoms with van der Waals surface area (Å²) < 4.78 is 5.08. The van der Waals surface area contributed by atoms with Crippen molar-refractivity contribution >= 4 is 11.3 Å². The van der Waals surface area contributed by atoms with Crippen molar-refractivity contribution in [3.8, 4) is 0 Å². The number of fused-ring (bicyclic) bond motifs is 1. The molecule has 0 saturated carbocycles. The van der Waals surface area contributed by atoms with Gasteiger partial charge in [-0.1, -0.05) is 5.16 Å². The van der Waals surface area contributed by atoms with Crippen LogP contribution in [0, 0.1) is 6.92 Å². The number of hydrogen-bond donors (Lipinski definition) is 0. The van der Waals surface area contributed by atoms with Gasteiger partial charge in [-0.3, -0.25) is 9.80 Å². The molecule has 1 fully saturated rings. The molecule has 25 heavy (non-hydrogen) atoms. The van der Waals surface area contributed by atoms with Crippen molar-refractivity contribution in [3.63, 3.8) is 0 Å². The normalized spacial score (nSPS) is 21.6. The van der Waals surface area contributed by atoms with Crippen LogP contribution in [0.3, 0.4) is 0 Å². The average molecular weight is 362 g/mol. The summed E-state index contributed by atoms with van der Waals surface area (Å²) in [4.78, 5) is 15.7. The summed E-state index contributed by atoms with van der Waals surface area (Å²) >= 11 is 1.94. The maximum atomic E-state index is 5.08. The van der Waals surface area contributed by atoms with Crippen molar-refractivity contribution in [2.45, 2.75) is 64.6 Å². The quantitative estimate of drug-likeness (QED) is 0.816. The van der Waals surface area contributed by atoms with E-state index in [1.807, 2.05) is 18.3 Å². The number of aromatic nitrogens is 3. The van der Waals surface area contributed by atoms with E-state index in [9.17, 15) is 0 Å². The topological polar surface area (TPSA) is 58.3 Å². The average Bonchev–Trinajstić information content (AvgIpc) is 3.21. The molecule has 0 bridgehead atoms. The highest BCUT2D eigenvalue weighted by atomic mass is 32.1. The van der Waals surface area contributed by atoms with Crippen LogP contribution in [0.1, 0.15) is 53.0 Å². The summed E-state index contributed by atoms with van der Waals surface area (Å²) in [5.41, 5.74) is 1.38. The predicted molar refractivity (Wildman–Crippen MR) is 97.6 cm³/mol. The van der Waals surface area contributed by atoms with Crippen LogP contribution in [0.25, 0.3) is 0 Å². The molecule has 2 aromatic heterocycles. The molecule has 7 heteroatoms. The Bertz CT molecular complexity index is 691. The summed E-state index contributed by atoms with van der Waals surface area (Å²) in [5.74, 6) is 1.43. The maximum absolute atomic E-state index is 5.08. The highest BCUT2D eigenvalue weighted by molar-refractivity contribution is 7.11. The molecule has 0 amide bonds. The van der Waals surface area contributed by atoms with E-state index in [1.165, 1.54) is 60.6 Å². The molecule has 1 saturated heterocycles. The van der Waals surface area contributed by atoms with Gasteiger partial charge in [-0.2, -0.15) is 4.98 Å². The van der Waals surface area contributed by atoms with Crippen molar-refractivity contribution in [2.24, 2.45) is 0 Å². The molecule has 3 heterocycles. The Hall–Kier alpha value is -1.31. The molecule has 1 atom stereocenters. The van der Waals surface area contributed by atoms with E-state index < -0.39 is 0 Å². The van der Waals surface area contributed by atoms with Gasteiger partial charge in [0, 0.05) is 24.4 Å². The standard InChI is InChI=1S/C18H27N5OS/c1-13-19-17(21-24-13)11-22(2)14-5-4-9-23(10-8-14)12-18-20-15-6-3-7-16(15)25-18/h14H,3-12H2,1-2H3/t14-/m0/s1. The van der Waals surface area contributed by atoms with Gasteiger partial charge in [0.2, 0.25) is 5.89 Å². The highest BCUT2D eigenvalue weighted by Gasteiger charge is 2.23. The van der Waals surface area contributed by atoms with E-state index in [-0.39, 0.29) is 0 Å². The largest absolute Gasteiger partial charge is 0.340 e. The molecule has 1 aliphatic carbocycles. The molecule has 2 aliphatic rings. The van der Waals surface area contributed by atoms with Crippen LogP contribution < -0.4 is 0 Å². The van der Waals surface area contributed by atoms with Gasteiger partial charge >= 0.3 is 0 Å². The number of rotatable bonds is 5. The lowest BCUT2D eigenvalue weighted by atomic mass is 10.1. The maximum Gasteiger partial charge on any atom is 0.223 e. The van der Waals surface area contributed by atoms with Gasteiger partial charge < -0.3 is 4.52 Å². The highest BCUT2D eigenvalue weighted by Crippen LogP contribution is 2.28. The van der Waals surface area contributed by atoms with Crippen LogP contribution in [0.4, 0.5) is 0 Å². The fraction of sp³-hybridized carbons (Fsp3) is 0.722. The molecule has 0 N–H and O–H groups in total. The van der Waals surface area contributed by atoms with Crippen molar-refractivity contribution in [1.29, 1.82) is 0 Å². The molecule has 2 aromatic rings. The fourth-order valence-corrected chi connectivity index (χ4v) is 5.20. The second-order valence-electron chi connectivity index (χ2n) is 7.34. The van der Waals surface area contributed by atoms with Crippen LogP contribution in [0.15, 0.2) is 4.52 Å². The molecule has 6 nitrogen and oxygen atoms in total. The van der Waals surface area contributed by atoms with E-state index in [4.69, 9.17) is 9.51 Å². The van der Waals surface area contributed by atoms with E-state index in [1.54, 1.807) is 0 Å². The Kier molecular flexibility index (Phi) is 5.15. The zero-order chi connectivity index (χ0) is 17.2. The minimum absolute atomic E-state index is 0.588. The Balaban J connectivity index is 1.30. The number of nitrogens with zero attached hydrogens (tertiary/aromatic N) is 5. The SMILES string of the molecule is Cc1nc(CN(C)[C@H]2CCCN(Cc3nc4c(s3)CCC4)CC2)no1. The van der Waals surface area contributed by atoms with E-state index in [0.29, 0.717) is 11.9 Å². The van der Waals surface area contributed by atoms with Crippen molar-refractivity contribution in [1.82, 2.24) is 24.9 Å². The van der Waals surface area contributed by atoms with Gasteiger partial charge in [0.05, 0.1) is 18.8 Å². The van der Waals surface area contributed by atoms with Gasteiger partial charge in [-0.05, 0) is 52.1 Å². The third kappa shape index (κ3) is 4.10. The molecule has 1 aliphatic heterocycles. The van der Waals surface area contributed by atoms with Crippen molar-refractivity contribution in [2.75, 3.05) is 20.1 Å². The minimum atomic E-state index is 0.588. The monoisotopic (exact) mass is 361 g/mol. The van der Waals surface area contributed by atoms with E-state index in [0.717, 1.165) is 25.5 Å². The molecule has 136 valence electrons. The summed E-state index contributed by atoms with van der Waals surface area (Å²) in [7, 11) is 2.18. The van der Waals surface area contributed by atoms with Gasteiger partial charge in [0.15, 0.2) is 5.82 Å². The Morgan fingerprint density at radius 3 is 2.92 bits per heavy atom. The summed E-state index contributed by atoms with van der Waals surface area (Å²) in [6, 6.07) is 0.588. The summed E-state index contributed by atoms with van der Waals surface area (Å²) in [6.45, 7) is 5.95. The van der Waals surface area contributed by atoms with Crippen LogP contribution in [0.2, 0.25) is 0 Å². The molecule has 0 aromatic carbocycles. The summed E-state index contributed by atoms with van der Waals surface area (Å²) in [6.07, 6.45) is 7.40. The summed E-state index contributed by atoms with van der Waals surface area (Å²) in [5, 5.41) is 5.34. The lowest BCUT2D eigenvalue weighted by molar-refractivity contribution is 0.200. The molecular weight excluding hydrogens is 334 g/mol. The first-order chi connectivity index (χ1) is 12.2. The first-order valence-corrected chi connectivity index (χ1v) is 10.2. The molecule has 4 rings (SSSR count). The van der Waals surface area contributed by atoms with Crippen molar-refractivity contribution in [3.05, 3.63) is 27.3 Å². The zero-order valence-electron chi connectivity index (χ0n) is 15.2. The van der Waals surface area contributed by atoms with Gasteiger partial charge in [0.1, 0.15) is 5.01 Å². The predicted octanol–water partition coefficient (Wildman–Crippen LogP) is 2.81. The third-order valence-electron chi connectivity index (χ3n) is 5.37. The van der Waals surface area contributed by atoms with Gasteiger partial charge in [-0.25, -0.2) is 4.98 Å². The second kappa shape index (κ2) is 7.51. The fourth-order valence-electron chi connectivity index (χ4n) is 4.00. The number of thiazole rings is 1. The molecular formula is C18H27N5OS. The third-order valence-corrected chi connectivity index (χ3v) is 6.52. The van der Waals surface area contributed by atoms with Crippen LogP contribution in [0.5, 0.6) is 0 Å². The lowest BCUT2D eigenvalue weighted by Gasteiger charge is -2.26. The van der Waals surface area contributed by atoms with Crippen LogP contribution in [-0.4, -0.2) is 51.1 Å². The number of likely N-dealkylation sites (tertiary alicyclic amines) is 1. The Morgan fingerprint density at radius 2 is 2.12 bits per heavy atom. The van der Waals surface area contributed by atoms with E-state index >= 15 is 0 Å². The van der Waals surface area contributed by atoms with Crippen LogP contribution >= 0.6 is 11.3 Å². The van der Waals surface area contributed by atoms with Crippen LogP contribution in [-0.2, 0) is 25.9 Å². The lowest BCUT2D eigenvalue weighted by Crippen LogP contribution is -2.33. The zero-order valence-corrected chi connectivity index (χ0v) is 16.0. The molecule has 0 spiro atoms. The van der Waals surface area contributed by atoms with Gasteiger partial charge in [0.25, 0.3) is 0 Å². The Labute approximate surface area is 153 Å². The van der Waals surface area contributed by atoms with Crippen molar-refractivity contribution < 1.29 is 4.52 Å². The minimum Gasteiger partial charge on any atom is -0.340 e.